The highest BCUT2D eigenvalue weighted by molar-refractivity contribution is 7.99. The number of benzene rings is 1. The largest absolute Gasteiger partial charge is 0.496 e. The summed E-state index contributed by atoms with van der Waals surface area (Å²) < 4.78 is 5.39. The van der Waals surface area contributed by atoms with E-state index in [1.54, 1.807) is 25.1 Å². The van der Waals surface area contributed by atoms with Gasteiger partial charge in [0.1, 0.15) is 5.75 Å². The Labute approximate surface area is 111 Å². The molecule has 1 aromatic carbocycles. The summed E-state index contributed by atoms with van der Waals surface area (Å²) in [6.45, 7) is 0. The van der Waals surface area contributed by atoms with Crippen molar-refractivity contribution in [1.29, 1.82) is 0 Å². The normalized spacial score (nSPS) is 12.3. The van der Waals surface area contributed by atoms with Crippen LogP contribution in [0.1, 0.15) is 11.6 Å². The molecule has 96 valence electrons. The smallest absolute Gasteiger partial charge is 0.165 e. The van der Waals surface area contributed by atoms with Gasteiger partial charge >= 0.3 is 0 Å². The topological polar surface area (TPSA) is 49.9 Å². The highest BCUT2D eigenvalue weighted by Crippen LogP contribution is 2.28. The van der Waals surface area contributed by atoms with Crippen LogP contribution in [0, 0.1) is 0 Å². The number of aromatic nitrogens is 2. The Morgan fingerprint density at radius 1 is 1.44 bits per heavy atom. The van der Waals surface area contributed by atoms with Crippen LogP contribution in [0.15, 0.2) is 41.8 Å². The van der Waals surface area contributed by atoms with Crippen molar-refractivity contribution in [3.8, 4) is 5.75 Å². The molecule has 4 nitrogen and oxygen atoms in total. The number of hydrogen-bond acceptors (Lipinski definition) is 4. The summed E-state index contributed by atoms with van der Waals surface area (Å²) in [7, 11) is 3.66. The second kappa shape index (κ2) is 6.47. The number of nitrogens with one attached hydrogen (secondary N) is 2. The first kappa shape index (κ1) is 13.0. The Kier molecular flexibility index (Phi) is 4.66. The number of thioether (sulfide) groups is 1. The van der Waals surface area contributed by atoms with Gasteiger partial charge in [-0.1, -0.05) is 30.0 Å². The second-order valence-corrected chi connectivity index (χ2v) is 4.80. The molecule has 2 N–H and O–H groups in total. The summed E-state index contributed by atoms with van der Waals surface area (Å²) in [5.74, 6) is 1.81. The predicted molar refractivity (Wildman–Crippen MR) is 74.1 cm³/mol. The molecule has 5 heteroatoms. The monoisotopic (exact) mass is 263 g/mol. The molecular weight excluding hydrogens is 246 g/mol. The van der Waals surface area contributed by atoms with Crippen molar-refractivity contribution in [3.05, 3.63) is 42.2 Å². The molecule has 2 aromatic rings. The van der Waals surface area contributed by atoms with E-state index in [-0.39, 0.29) is 6.04 Å². The fraction of sp³-hybridized carbons (Fsp3) is 0.308. The van der Waals surface area contributed by atoms with Crippen molar-refractivity contribution in [2.24, 2.45) is 0 Å². The highest BCUT2D eigenvalue weighted by Gasteiger charge is 2.14. The minimum atomic E-state index is 0.233. The van der Waals surface area contributed by atoms with Crippen molar-refractivity contribution in [2.75, 3.05) is 19.9 Å². The van der Waals surface area contributed by atoms with Crippen LogP contribution < -0.4 is 10.1 Å². The molecule has 0 amide bonds. The minimum Gasteiger partial charge on any atom is -0.496 e. The number of hydrogen-bond donors (Lipinski definition) is 2. The number of H-pyrrole nitrogens is 1. The van der Waals surface area contributed by atoms with E-state index in [1.165, 1.54) is 5.56 Å². The van der Waals surface area contributed by atoms with Gasteiger partial charge in [-0.2, -0.15) is 0 Å². The molecule has 0 aliphatic rings. The van der Waals surface area contributed by atoms with Gasteiger partial charge in [0.15, 0.2) is 5.16 Å². The molecule has 0 saturated carbocycles. The Morgan fingerprint density at radius 3 is 2.94 bits per heavy atom. The van der Waals surface area contributed by atoms with Crippen molar-refractivity contribution < 1.29 is 4.74 Å². The quantitative estimate of drug-likeness (QED) is 0.786. The zero-order valence-corrected chi connectivity index (χ0v) is 11.3. The molecule has 1 aromatic heterocycles. The molecule has 0 aliphatic carbocycles. The van der Waals surface area contributed by atoms with E-state index in [1.807, 2.05) is 31.4 Å². The van der Waals surface area contributed by atoms with E-state index < -0.39 is 0 Å². The maximum absolute atomic E-state index is 5.39. The molecule has 0 bridgehead atoms. The zero-order valence-electron chi connectivity index (χ0n) is 10.5. The van der Waals surface area contributed by atoms with Crippen molar-refractivity contribution >= 4 is 11.8 Å². The first-order chi connectivity index (χ1) is 8.85. The predicted octanol–water partition coefficient (Wildman–Crippen LogP) is 2.47. The lowest BCUT2D eigenvalue weighted by Crippen LogP contribution is -2.19. The third-order valence-corrected chi connectivity index (χ3v) is 3.72. The van der Waals surface area contributed by atoms with Crippen LogP contribution in [0.5, 0.6) is 5.75 Å². The third-order valence-electron chi connectivity index (χ3n) is 2.72. The average molecular weight is 263 g/mol. The lowest BCUT2D eigenvalue weighted by atomic mass is 10.1. The van der Waals surface area contributed by atoms with Crippen LogP contribution in [0.2, 0.25) is 0 Å². The fourth-order valence-electron chi connectivity index (χ4n) is 1.77. The van der Waals surface area contributed by atoms with Crippen LogP contribution in [0.25, 0.3) is 0 Å². The van der Waals surface area contributed by atoms with Gasteiger partial charge in [0, 0.05) is 29.8 Å². The van der Waals surface area contributed by atoms with Gasteiger partial charge < -0.3 is 15.0 Å². The summed E-state index contributed by atoms with van der Waals surface area (Å²) in [4.78, 5) is 7.30. The number of rotatable bonds is 6. The van der Waals surface area contributed by atoms with Crippen LogP contribution in [-0.4, -0.2) is 29.9 Å². The summed E-state index contributed by atoms with van der Waals surface area (Å²) in [6.07, 6.45) is 3.60. The molecule has 0 saturated heterocycles. The Morgan fingerprint density at radius 2 is 2.28 bits per heavy atom. The summed E-state index contributed by atoms with van der Waals surface area (Å²) >= 11 is 1.69. The Balaban J connectivity index is 2.08. The first-order valence-corrected chi connectivity index (χ1v) is 6.76. The van der Waals surface area contributed by atoms with Gasteiger partial charge in [0.05, 0.1) is 7.11 Å². The highest BCUT2D eigenvalue weighted by atomic mass is 32.2. The second-order valence-electron chi connectivity index (χ2n) is 3.79. The van der Waals surface area contributed by atoms with Crippen LogP contribution >= 0.6 is 11.8 Å². The van der Waals surface area contributed by atoms with E-state index in [0.29, 0.717) is 0 Å². The molecule has 1 atom stereocenters. The van der Waals surface area contributed by atoms with E-state index in [0.717, 1.165) is 16.7 Å². The Hall–Kier alpha value is -1.46. The van der Waals surface area contributed by atoms with Gasteiger partial charge in [-0.05, 0) is 13.1 Å². The van der Waals surface area contributed by atoms with Crippen molar-refractivity contribution in [3.63, 3.8) is 0 Å². The van der Waals surface area contributed by atoms with Gasteiger partial charge in [0.25, 0.3) is 0 Å². The first-order valence-electron chi connectivity index (χ1n) is 5.77. The van der Waals surface area contributed by atoms with Crippen molar-refractivity contribution in [2.45, 2.75) is 11.2 Å². The van der Waals surface area contributed by atoms with Crippen LogP contribution in [0.3, 0.4) is 0 Å². The van der Waals surface area contributed by atoms with Crippen molar-refractivity contribution in [1.82, 2.24) is 15.3 Å². The van der Waals surface area contributed by atoms with Gasteiger partial charge in [-0.15, -0.1) is 0 Å². The SMILES string of the molecule is CNC(CSc1ncc[nH]1)c1ccccc1OC. The van der Waals surface area contributed by atoms with Gasteiger partial charge in [-0.3, -0.25) is 0 Å². The number of ether oxygens (including phenoxy) is 1. The summed E-state index contributed by atoms with van der Waals surface area (Å²) in [5, 5.41) is 4.25. The molecule has 0 fully saturated rings. The zero-order chi connectivity index (χ0) is 12.8. The third kappa shape index (κ3) is 3.05. The van der Waals surface area contributed by atoms with E-state index in [4.69, 9.17) is 4.74 Å². The van der Waals surface area contributed by atoms with E-state index >= 15 is 0 Å². The molecular formula is C13H17N3OS. The molecule has 2 rings (SSSR count). The van der Waals surface area contributed by atoms with Crippen LogP contribution in [-0.2, 0) is 0 Å². The molecule has 18 heavy (non-hydrogen) atoms. The lowest BCUT2D eigenvalue weighted by molar-refractivity contribution is 0.404. The molecule has 1 heterocycles. The summed E-state index contributed by atoms with van der Waals surface area (Å²) in [6, 6.07) is 8.31. The maximum atomic E-state index is 5.39. The number of nitrogens with zero attached hydrogens (tertiary/aromatic N) is 1. The number of para-hydroxylation sites is 1. The van der Waals surface area contributed by atoms with Gasteiger partial charge in [-0.25, -0.2) is 4.98 Å². The van der Waals surface area contributed by atoms with Crippen LogP contribution in [0.4, 0.5) is 0 Å². The lowest BCUT2D eigenvalue weighted by Gasteiger charge is -2.18. The van der Waals surface area contributed by atoms with E-state index in [9.17, 15) is 0 Å². The fourth-order valence-corrected chi connectivity index (χ4v) is 2.73. The number of aromatic amines is 1. The standard InChI is InChI=1S/C13H17N3OS/c1-14-11(9-18-13-15-7-8-16-13)10-5-3-4-6-12(10)17-2/h3-8,11,14H,9H2,1-2H3,(H,15,16). The summed E-state index contributed by atoms with van der Waals surface area (Å²) in [5.41, 5.74) is 1.17. The minimum absolute atomic E-state index is 0.233. The number of imidazole rings is 1. The number of methoxy groups -OCH3 is 1. The molecule has 0 radical (unpaired) electrons. The van der Waals surface area contributed by atoms with Gasteiger partial charge in [0.2, 0.25) is 0 Å². The average Bonchev–Trinajstić information content (AvgIpc) is 2.93. The maximum Gasteiger partial charge on any atom is 0.165 e. The molecule has 1 unspecified atom stereocenters. The Bertz CT molecular complexity index is 473. The molecule has 0 aliphatic heterocycles. The van der Waals surface area contributed by atoms with E-state index in [2.05, 4.69) is 21.4 Å². The molecule has 0 spiro atoms.